The van der Waals surface area contributed by atoms with Crippen molar-refractivity contribution in [3.8, 4) is 0 Å². The van der Waals surface area contributed by atoms with Crippen LogP contribution in [0.1, 0.15) is 62.5 Å². The van der Waals surface area contributed by atoms with Crippen molar-refractivity contribution in [2.24, 2.45) is 11.8 Å². The molecule has 1 aromatic rings. The lowest BCUT2D eigenvalue weighted by atomic mass is 9.89. The fourth-order valence-corrected chi connectivity index (χ4v) is 3.56. The van der Waals surface area contributed by atoms with Gasteiger partial charge in [-0.2, -0.15) is 0 Å². The summed E-state index contributed by atoms with van der Waals surface area (Å²) < 4.78 is 0. The molecule has 1 aromatic carbocycles. The standard InChI is InChI=1S/C22H28O3/c1-2-17-8-7-9-18(16-17)12-13-19-14-15-21(23)20(19)10-5-3-4-6-11-22(24)25/h2,7-9,12-13,16,19-20H,1,3-6,10-11,14-15H2,(H,24,25). The number of rotatable bonds is 10. The number of benzene rings is 1. The first-order chi connectivity index (χ1) is 12.1. The average molecular weight is 340 g/mol. The molecule has 134 valence electrons. The quantitative estimate of drug-likeness (QED) is 0.583. The fraction of sp³-hybridized carbons (Fsp3) is 0.455. The summed E-state index contributed by atoms with van der Waals surface area (Å²) >= 11 is 0. The highest BCUT2D eigenvalue weighted by Gasteiger charge is 2.32. The Morgan fingerprint density at radius 1 is 1.20 bits per heavy atom. The van der Waals surface area contributed by atoms with Crippen LogP contribution in [0.15, 0.2) is 36.9 Å². The molecular formula is C22H28O3. The summed E-state index contributed by atoms with van der Waals surface area (Å²) in [5, 5.41) is 8.64. The van der Waals surface area contributed by atoms with Gasteiger partial charge in [-0.15, -0.1) is 0 Å². The lowest BCUT2D eigenvalue weighted by Gasteiger charge is -2.14. The molecule has 0 bridgehead atoms. The van der Waals surface area contributed by atoms with Crippen molar-refractivity contribution in [1.29, 1.82) is 0 Å². The summed E-state index contributed by atoms with van der Waals surface area (Å²) in [6, 6.07) is 8.21. The highest BCUT2D eigenvalue weighted by Crippen LogP contribution is 2.34. The second kappa shape index (κ2) is 9.97. The Bertz CT molecular complexity index is 630. The lowest BCUT2D eigenvalue weighted by molar-refractivity contribution is -0.137. The third-order valence-corrected chi connectivity index (χ3v) is 4.99. The number of hydrogen-bond donors (Lipinski definition) is 1. The zero-order valence-electron chi connectivity index (χ0n) is 14.8. The maximum absolute atomic E-state index is 12.2. The molecule has 2 rings (SSSR count). The van der Waals surface area contributed by atoms with Crippen LogP contribution in [0, 0.1) is 11.8 Å². The Morgan fingerprint density at radius 2 is 1.96 bits per heavy atom. The van der Waals surface area contributed by atoms with E-state index < -0.39 is 5.97 Å². The molecular weight excluding hydrogens is 312 g/mol. The van der Waals surface area contributed by atoms with E-state index in [9.17, 15) is 9.59 Å². The smallest absolute Gasteiger partial charge is 0.303 e. The normalized spacial score (nSPS) is 20.2. The van der Waals surface area contributed by atoms with Crippen LogP contribution in [0.2, 0.25) is 0 Å². The molecule has 0 radical (unpaired) electrons. The Morgan fingerprint density at radius 3 is 2.72 bits per heavy atom. The summed E-state index contributed by atoms with van der Waals surface area (Å²) in [6.07, 6.45) is 12.6. The van der Waals surface area contributed by atoms with E-state index in [0.717, 1.165) is 49.7 Å². The Kier molecular flexibility index (Phi) is 7.65. The van der Waals surface area contributed by atoms with Gasteiger partial charge in [0.15, 0.2) is 0 Å². The number of carboxylic acids is 1. The third-order valence-electron chi connectivity index (χ3n) is 4.99. The minimum Gasteiger partial charge on any atom is -0.481 e. The van der Waals surface area contributed by atoms with Gasteiger partial charge in [-0.05, 0) is 42.4 Å². The molecule has 3 heteroatoms. The van der Waals surface area contributed by atoms with Gasteiger partial charge in [0, 0.05) is 18.8 Å². The minimum atomic E-state index is -0.725. The molecule has 2 atom stereocenters. The van der Waals surface area contributed by atoms with Gasteiger partial charge in [0.05, 0.1) is 0 Å². The number of Topliss-reactive ketones (excluding diaryl/α,β-unsaturated/α-hetero) is 1. The van der Waals surface area contributed by atoms with Crippen molar-refractivity contribution in [3.05, 3.63) is 48.0 Å². The molecule has 1 N–H and O–H groups in total. The summed E-state index contributed by atoms with van der Waals surface area (Å²) in [6.45, 7) is 3.79. The third kappa shape index (κ3) is 6.33. The van der Waals surface area contributed by atoms with Crippen molar-refractivity contribution in [2.75, 3.05) is 0 Å². The van der Waals surface area contributed by atoms with Crippen LogP contribution in [0.5, 0.6) is 0 Å². The number of hydrogen-bond acceptors (Lipinski definition) is 2. The molecule has 0 aromatic heterocycles. The van der Waals surface area contributed by atoms with Gasteiger partial charge in [-0.25, -0.2) is 0 Å². The van der Waals surface area contributed by atoms with Crippen LogP contribution in [0.25, 0.3) is 12.2 Å². The van der Waals surface area contributed by atoms with Gasteiger partial charge < -0.3 is 5.11 Å². The maximum Gasteiger partial charge on any atom is 0.303 e. The van der Waals surface area contributed by atoms with Crippen molar-refractivity contribution in [3.63, 3.8) is 0 Å². The van der Waals surface area contributed by atoms with Crippen LogP contribution in [-0.4, -0.2) is 16.9 Å². The van der Waals surface area contributed by atoms with E-state index in [1.165, 1.54) is 0 Å². The van der Waals surface area contributed by atoms with E-state index in [2.05, 4.69) is 30.9 Å². The zero-order valence-corrected chi connectivity index (χ0v) is 14.8. The van der Waals surface area contributed by atoms with Crippen LogP contribution >= 0.6 is 0 Å². The van der Waals surface area contributed by atoms with Crippen molar-refractivity contribution >= 4 is 23.9 Å². The van der Waals surface area contributed by atoms with E-state index in [1.54, 1.807) is 0 Å². The number of unbranched alkanes of at least 4 members (excludes halogenated alkanes) is 3. The molecule has 1 aliphatic rings. The predicted octanol–water partition coefficient (Wildman–Crippen LogP) is 5.36. The summed E-state index contributed by atoms with van der Waals surface area (Å²) in [4.78, 5) is 22.7. The van der Waals surface area contributed by atoms with Gasteiger partial charge in [0.2, 0.25) is 0 Å². The highest BCUT2D eigenvalue weighted by molar-refractivity contribution is 5.84. The van der Waals surface area contributed by atoms with E-state index in [4.69, 9.17) is 5.11 Å². The number of allylic oxidation sites excluding steroid dienone is 1. The fourth-order valence-electron chi connectivity index (χ4n) is 3.56. The highest BCUT2D eigenvalue weighted by atomic mass is 16.4. The Labute approximate surface area is 150 Å². The number of aliphatic carboxylic acids is 1. The molecule has 1 aliphatic carbocycles. The van der Waals surface area contributed by atoms with Crippen LogP contribution in [-0.2, 0) is 9.59 Å². The average Bonchev–Trinajstić information content (AvgIpc) is 2.96. The van der Waals surface area contributed by atoms with Crippen LogP contribution < -0.4 is 0 Å². The molecule has 0 spiro atoms. The van der Waals surface area contributed by atoms with Crippen LogP contribution in [0.3, 0.4) is 0 Å². The largest absolute Gasteiger partial charge is 0.481 e. The molecule has 0 amide bonds. The minimum absolute atomic E-state index is 0.137. The molecule has 3 nitrogen and oxygen atoms in total. The van der Waals surface area contributed by atoms with Gasteiger partial charge >= 0.3 is 5.97 Å². The molecule has 0 saturated heterocycles. The van der Waals surface area contributed by atoms with Crippen molar-refractivity contribution in [1.82, 2.24) is 0 Å². The second-order valence-corrected chi connectivity index (χ2v) is 6.86. The SMILES string of the molecule is C=Cc1cccc(C=CC2CCC(=O)C2CCCCCCC(=O)O)c1. The van der Waals surface area contributed by atoms with E-state index in [0.29, 0.717) is 18.1 Å². The lowest BCUT2D eigenvalue weighted by Crippen LogP contribution is -2.13. The first-order valence-corrected chi connectivity index (χ1v) is 9.25. The van der Waals surface area contributed by atoms with Gasteiger partial charge in [-0.1, -0.05) is 62.3 Å². The number of carbonyl (C=O) groups is 2. The van der Waals surface area contributed by atoms with Gasteiger partial charge in [0.1, 0.15) is 5.78 Å². The van der Waals surface area contributed by atoms with E-state index in [-0.39, 0.29) is 12.3 Å². The molecule has 1 fully saturated rings. The van der Waals surface area contributed by atoms with Gasteiger partial charge in [-0.3, -0.25) is 9.59 Å². The predicted molar refractivity (Wildman–Crippen MR) is 102 cm³/mol. The number of ketones is 1. The van der Waals surface area contributed by atoms with E-state index >= 15 is 0 Å². The summed E-state index contributed by atoms with van der Waals surface area (Å²) in [7, 11) is 0. The van der Waals surface area contributed by atoms with Crippen molar-refractivity contribution < 1.29 is 14.7 Å². The Balaban J connectivity index is 1.82. The van der Waals surface area contributed by atoms with E-state index in [1.807, 2.05) is 18.2 Å². The Hall–Kier alpha value is -2.16. The maximum atomic E-state index is 12.2. The monoisotopic (exact) mass is 340 g/mol. The van der Waals surface area contributed by atoms with Crippen molar-refractivity contribution in [2.45, 2.75) is 51.4 Å². The molecule has 0 heterocycles. The molecule has 25 heavy (non-hydrogen) atoms. The molecule has 1 saturated carbocycles. The summed E-state index contributed by atoms with van der Waals surface area (Å²) in [5.74, 6) is 0.133. The number of carbonyl (C=O) groups excluding carboxylic acids is 1. The topological polar surface area (TPSA) is 54.4 Å². The molecule has 0 aliphatic heterocycles. The first kappa shape index (κ1) is 19.2. The number of carboxylic acid groups (broad SMARTS) is 1. The van der Waals surface area contributed by atoms with Crippen LogP contribution in [0.4, 0.5) is 0 Å². The van der Waals surface area contributed by atoms with Gasteiger partial charge in [0.25, 0.3) is 0 Å². The second-order valence-electron chi connectivity index (χ2n) is 6.86. The zero-order chi connectivity index (χ0) is 18.1. The first-order valence-electron chi connectivity index (χ1n) is 9.25. The summed E-state index contributed by atoms with van der Waals surface area (Å²) in [5.41, 5.74) is 2.24. The molecule has 2 unspecified atom stereocenters.